The molecule has 0 radical (unpaired) electrons. The first-order chi connectivity index (χ1) is 10.4. The van der Waals surface area contributed by atoms with Crippen molar-refractivity contribution in [2.75, 3.05) is 0 Å². The minimum atomic E-state index is 0.286. The second-order valence-electron chi connectivity index (χ2n) is 5.36. The molecule has 3 heteroatoms. The second-order valence-corrected chi connectivity index (χ2v) is 6.21. The van der Waals surface area contributed by atoms with Crippen LogP contribution in [0.4, 0.5) is 0 Å². The highest BCUT2D eigenvalue weighted by molar-refractivity contribution is 9.10. The number of aryl methyl sites for hydroxylation is 2. The van der Waals surface area contributed by atoms with Gasteiger partial charge in [-0.3, -0.25) is 0 Å². The first-order valence-electron chi connectivity index (χ1n) is 7.02. The molecular formula is C19H19BrO2. The largest absolute Gasteiger partial charge is 0.508 e. The summed E-state index contributed by atoms with van der Waals surface area (Å²) in [5.41, 5.74) is 3.56. The summed E-state index contributed by atoms with van der Waals surface area (Å²) in [5.74, 6) is 0.648. The van der Waals surface area contributed by atoms with Crippen LogP contribution < -0.4 is 0 Å². The molecule has 0 saturated heterocycles. The zero-order chi connectivity index (χ0) is 16.3. The van der Waals surface area contributed by atoms with Gasteiger partial charge in [0, 0.05) is 0 Å². The van der Waals surface area contributed by atoms with Crippen LogP contribution in [0.3, 0.4) is 0 Å². The Kier molecular flexibility index (Phi) is 5.09. The van der Waals surface area contributed by atoms with Crippen molar-refractivity contribution in [3.05, 3.63) is 69.7 Å². The fourth-order valence-electron chi connectivity index (χ4n) is 2.21. The third kappa shape index (κ3) is 3.80. The highest BCUT2D eigenvalue weighted by Gasteiger charge is 1.99. The molecule has 3 rings (SSSR count). The quantitative estimate of drug-likeness (QED) is 0.546. The summed E-state index contributed by atoms with van der Waals surface area (Å²) in [7, 11) is 0. The van der Waals surface area contributed by atoms with Crippen LogP contribution in [0.2, 0.25) is 0 Å². The molecule has 0 aliphatic heterocycles. The van der Waals surface area contributed by atoms with Gasteiger partial charge in [-0.05, 0) is 88.4 Å². The van der Waals surface area contributed by atoms with Crippen LogP contribution in [-0.4, -0.2) is 10.2 Å². The number of hydrogen-bond acceptors (Lipinski definition) is 2. The third-order valence-corrected chi connectivity index (χ3v) is 4.36. The lowest BCUT2D eigenvalue weighted by atomic mass is 10.0. The molecule has 2 nitrogen and oxygen atoms in total. The highest BCUT2D eigenvalue weighted by Crippen LogP contribution is 2.28. The Labute approximate surface area is 139 Å². The van der Waals surface area contributed by atoms with E-state index in [0.29, 0.717) is 5.75 Å². The van der Waals surface area contributed by atoms with Crippen molar-refractivity contribution in [2.45, 2.75) is 20.8 Å². The van der Waals surface area contributed by atoms with Crippen LogP contribution in [0.1, 0.15) is 16.7 Å². The van der Waals surface area contributed by atoms with E-state index < -0.39 is 0 Å². The van der Waals surface area contributed by atoms with E-state index in [-0.39, 0.29) is 5.75 Å². The number of hydrogen-bond donors (Lipinski definition) is 2. The molecule has 0 saturated carbocycles. The summed E-state index contributed by atoms with van der Waals surface area (Å²) in [6.07, 6.45) is 0. The van der Waals surface area contributed by atoms with Gasteiger partial charge in [-0.25, -0.2) is 0 Å². The van der Waals surface area contributed by atoms with E-state index in [9.17, 15) is 5.11 Å². The number of rotatable bonds is 0. The Morgan fingerprint density at radius 2 is 1.27 bits per heavy atom. The maximum absolute atomic E-state index is 9.37. The number of phenols is 2. The molecule has 2 N–H and O–H groups in total. The van der Waals surface area contributed by atoms with Crippen molar-refractivity contribution in [1.29, 1.82) is 0 Å². The van der Waals surface area contributed by atoms with Gasteiger partial charge < -0.3 is 10.2 Å². The molecule has 0 spiro atoms. The molecule has 0 aliphatic carbocycles. The maximum Gasteiger partial charge on any atom is 0.130 e. The Balaban J connectivity index is 0.000000164. The normalized spacial score (nSPS) is 10.2. The van der Waals surface area contributed by atoms with Crippen LogP contribution in [0, 0.1) is 20.8 Å². The predicted octanol–water partition coefficient (Wildman–Crippen LogP) is 5.63. The summed E-state index contributed by atoms with van der Waals surface area (Å²) >= 11 is 3.27. The van der Waals surface area contributed by atoms with Crippen molar-refractivity contribution in [3.8, 4) is 11.5 Å². The van der Waals surface area contributed by atoms with Crippen molar-refractivity contribution in [1.82, 2.24) is 0 Å². The average Bonchev–Trinajstić information content (AvgIpc) is 2.46. The Hall–Kier alpha value is -2.00. The van der Waals surface area contributed by atoms with Gasteiger partial charge in [0.2, 0.25) is 0 Å². The Morgan fingerprint density at radius 1 is 0.773 bits per heavy atom. The first kappa shape index (κ1) is 16.4. The minimum absolute atomic E-state index is 0.286. The molecule has 0 bridgehead atoms. The van der Waals surface area contributed by atoms with Crippen LogP contribution >= 0.6 is 15.9 Å². The summed E-state index contributed by atoms with van der Waals surface area (Å²) in [6.45, 7) is 6.06. The summed E-state index contributed by atoms with van der Waals surface area (Å²) in [6, 6.07) is 15.1. The highest BCUT2D eigenvalue weighted by atomic mass is 79.9. The topological polar surface area (TPSA) is 40.5 Å². The van der Waals surface area contributed by atoms with E-state index in [4.69, 9.17) is 5.11 Å². The monoisotopic (exact) mass is 358 g/mol. The lowest BCUT2D eigenvalue weighted by Crippen LogP contribution is -1.84. The molecule has 0 fully saturated rings. The van der Waals surface area contributed by atoms with Gasteiger partial charge in [-0.2, -0.15) is 0 Å². The predicted molar refractivity (Wildman–Crippen MR) is 95.6 cm³/mol. The lowest BCUT2D eigenvalue weighted by Gasteiger charge is -2.03. The van der Waals surface area contributed by atoms with Crippen molar-refractivity contribution in [3.63, 3.8) is 0 Å². The van der Waals surface area contributed by atoms with E-state index >= 15 is 0 Å². The fourth-order valence-corrected chi connectivity index (χ4v) is 2.57. The Bertz CT molecular complexity index is 746. The molecular weight excluding hydrogens is 340 g/mol. The molecule has 0 heterocycles. The molecule has 0 aliphatic rings. The molecule has 0 aromatic heterocycles. The van der Waals surface area contributed by atoms with E-state index in [1.54, 1.807) is 18.2 Å². The average molecular weight is 359 g/mol. The molecule has 0 amide bonds. The van der Waals surface area contributed by atoms with Gasteiger partial charge in [-0.15, -0.1) is 0 Å². The van der Waals surface area contributed by atoms with Crippen LogP contribution in [0.25, 0.3) is 10.8 Å². The van der Waals surface area contributed by atoms with Gasteiger partial charge >= 0.3 is 0 Å². The first-order valence-corrected chi connectivity index (χ1v) is 7.82. The molecule has 0 unspecified atom stereocenters. The molecule has 0 atom stereocenters. The smallest absolute Gasteiger partial charge is 0.130 e. The summed E-state index contributed by atoms with van der Waals surface area (Å²) < 4.78 is 0.737. The summed E-state index contributed by atoms with van der Waals surface area (Å²) in [4.78, 5) is 0. The lowest BCUT2D eigenvalue weighted by molar-refractivity contribution is 0.472. The fraction of sp³-hybridized carbons (Fsp3) is 0.158. The van der Waals surface area contributed by atoms with Gasteiger partial charge in [-0.1, -0.05) is 24.3 Å². The van der Waals surface area contributed by atoms with Crippen LogP contribution in [0.5, 0.6) is 11.5 Å². The zero-order valence-corrected chi connectivity index (χ0v) is 14.5. The van der Waals surface area contributed by atoms with Gasteiger partial charge in [0.05, 0.1) is 4.47 Å². The Morgan fingerprint density at radius 3 is 1.82 bits per heavy atom. The number of fused-ring (bicyclic) bond motifs is 1. The van der Waals surface area contributed by atoms with E-state index in [2.05, 4.69) is 22.9 Å². The van der Waals surface area contributed by atoms with Crippen molar-refractivity contribution >= 4 is 26.7 Å². The van der Waals surface area contributed by atoms with Gasteiger partial charge in [0.25, 0.3) is 0 Å². The van der Waals surface area contributed by atoms with Gasteiger partial charge in [0.15, 0.2) is 0 Å². The summed E-state index contributed by atoms with van der Waals surface area (Å²) in [5, 5.41) is 20.7. The molecule has 114 valence electrons. The van der Waals surface area contributed by atoms with Crippen LogP contribution in [0.15, 0.2) is 53.0 Å². The minimum Gasteiger partial charge on any atom is -0.508 e. The van der Waals surface area contributed by atoms with Crippen LogP contribution in [-0.2, 0) is 0 Å². The van der Waals surface area contributed by atoms with E-state index in [0.717, 1.165) is 26.4 Å². The standard InChI is InChI=1S/C10H7BrO.C9H12O/c11-9-5-7-3-1-2-4-8(7)6-10(9)12;1-6-4-9(10)5-7(2)8(6)3/h1-6,12H;4-5,10H,1-3H3. The second kappa shape index (κ2) is 6.84. The zero-order valence-electron chi connectivity index (χ0n) is 12.9. The van der Waals surface area contributed by atoms with Crippen molar-refractivity contribution in [2.24, 2.45) is 0 Å². The number of benzene rings is 3. The number of halogens is 1. The number of aromatic hydroxyl groups is 2. The van der Waals surface area contributed by atoms with Crippen molar-refractivity contribution < 1.29 is 10.2 Å². The number of phenolic OH excluding ortho intramolecular Hbond substituents is 2. The molecule has 22 heavy (non-hydrogen) atoms. The third-order valence-electron chi connectivity index (χ3n) is 3.73. The molecule has 3 aromatic rings. The van der Waals surface area contributed by atoms with E-state index in [1.165, 1.54) is 5.56 Å². The molecule has 3 aromatic carbocycles. The SMILES string of the molecule is Cc1cc(O)cc(C)c1C.Oc1cc2ccccc2cc1Br. The maximum atomic E-state index is 9.37. The van der Waals surface area contributed by atoms with Gasteiger partial charge in [0.1, 0.15) is 11.5 Å². The van der Waals surface area contributed by atoms with E-state index in [1.807, 2.05) is 44.2 Å².